The van der Waals surface area contributed by atoms with E-state index in [1.165, 1.54) is 16.2 Å². The van der Waals surface area contributed by atoms with E-state index in [1.54, 1.807) is 17.1 Å². The molecule has 0 amide bonds. The average Bonchev–Trinajstić information content (AvgIpc) is 2.78. The largest absolute Gasteiger partial charge is 0.478 e. The SMILES string of the molecule is CC(C)Sc1ccc(-c2cscc2C(=O)O)cc1. The molecule has 18 heavy (non-hydrogen) atoms. The van der Waals surface area contributed by atoms with Gasteiger partial charge in [-0.25, -0.2) is 4.79 Å². The van der Waals surface area contributed by atoms with Gasteiger partial charge in [-0.05, 0) is 23.1 Å². The normalized spacial score (nSPS) is 10.8. The second-order valence-electron chi connectivity index (χ2n) is 4.20. The van der Waals surface area contributed by atoms with Crippen LogP contribution in [0.2, 0.25) is 0 Å². The molecule has 0 aliphatic heterocycles. The van der Waals surface area contributed by atoms with E-state index in [-0.39, 0.29) is 0 Å². The number of carboxylic acid groups (broad SMARTS) is 1. The van der Waals surface area contributed by atoms with Crippen molar-refractivity contribution in [2.75, 3.05) is 0 Å². The molecule has 2 nitrogen and oxygen atoms in total. The van der Waals surface area contributed by atoms with Crippen LogP contribution in [0.4, 0.5) is 0 Å². The lowest BCUT2D eigenvalue weighted by atomic mass is 10.1. The first-order chi connectivity index (χ1) is 8.58. The van der Waals surface area contributed by atoms with Crippen LogP contribution < -0.4 is 0 Å². The van der Waals surface area contributed by atoms with Crippen LogP contribution >= 0.6 is 23.1 Å². The Morgan fingerprint density at radius 2 is 1.89 bits per heavy atom. The summed E-state index contributed by atoms with van der Waals surface area (Å²) in [6, 6.07) is 8.06. The van der Waals surface area contributed by atoms with Gasteiger partial charge in [-0.15, -0.1) is 11.8 Å². The van der Waals surface area contributed by atoms with E-state index in [9.17, 15) is 4.79 Å². The first-order valence-corrected chi connectivity index (χ1v) is 7.46. The van der Waals surface area contributed by atoms with Crippen molar-refractivity contribution in [1.29, 1.82) is 0 Å². The fourth-order valence-electron chi connectivity index (χ4n) is 1.67. The predicted molar refractivity (Wildman–Crippen MR) is 77.7 cm³/mol. The molecule has 2 aromatic rings. The molecule has 0 radical (unpaired) electrons. The molecule has 0 aliphatic carbocycles. The minimum atomic E-state index is -0.869. The van der Waals surface area contributed by atoms with Gasteiger partial charge in [0.1, 0.15) is 0 Å². The number of thiophene rings is 1. The molecule has 0 aliphatic rings. The molecule has 94 valence electrons. The number of carbonyl (C=O) groups is 1. The fourth-order valence-corrected chi connectivity index (χ4v) is 3.34. The first kappa shape index (κ1) is 13.2. The van der Waals surface area contributed by atoms with Gasteiger partial charge < -0.3 is 5.11 Å². The Labute approximate surface area is 115 Å². The summed E-state index contributed by atoms with van der Waals surface area (Å²) in [5.41, 5.74) is 2.14. The number of hydrogen-bond acceptors (Lipinski definition) is 3. The molecular weight excluding hydrogens is 264 g/mol. The molecule has 0 saturated carbocycles. The van der Waals surface area contributed by atoms with Gasteiger partial charge in [0.05, 0.1) is 5.56 Å². The van der Waals surface area contributed by atoms with Gasteiger partial charge in [0, 0.05) is 21.1 Å². The van der Waals surface area contributed by atoms with Crippen molar-refractivity contribution >= 4 is 29.1 Å². The van der Waals surface area contributed by atoms with Crippen LogP contribution in [0.1, 0.15) is 24.2 Å². The van der Waals surface area contributed by atoms with Crippen LogP contribution in [-0.2, 0) is 0 Å². The lowest BCUT2D eigenvalue weighted by Gasteiger charge is -2.06. The Bertz CT molecular complexity index is 541. The van der Waals surface area contributed by atoms with Crippen molar-refractivity contribution < 1.29 is 9.90 Å². The highest BCUT2D eigenvalue weighted by Crippen LogP contribution is 2.30. The monoisotopic (exact) mass is 278 g/mol. The standard InChI is InChI=1S/C14H14O2S2/c1-9(2)18-11-5-3-10(4-6-11)12-7-17-8-13(12)14(15)16/h3-9H,1-2H3,(H,15,16). The molecule has 1 aromatic carbocycles. The van der Waals surface area contributed by atoms with Crippen molar-refractivity contribution in [2.24, 2.45) is 0 Å². The maximum absolute atomic E-state index is 11.1. The molecule has 1 aromatic heterocycles. The van der Waals surface area contributed by atoms with Gasteiger partial charge in [-0.2, -0.15) is 11.3 Å². The number of benzene rings is 1. The van der Waals surface area contributed by atoms with Crippen molar-refractivity contribution in [3.63, 3.8) is 0 Å². The highest BCUT2D eigenvalue weighted by Gasteiger charge is 2.12. The summed E-state index contributed by atoms with van der Waals surface area (Å²) in [6.07, 6.45) is 0. The minimum absolute atomic E-state index is 0.379. The number of aromatic carboxylic acids is 1. The van der Waals surface area contributed by atoms with E-state index < -0.39 is 5.97 Å². The third kappa shape index (κ3) is 2.94. The molecule has 0 spiro atoms. The van der Waals surface area contributed by atoms with Crippen molar-refractivity contribution in [1.82, 2.24) is 0 Å². The lowest BCUT2D eigenvalue weighted by molar-refractivity contribution is 0.0698. The summed E-state index contributed by atoms with van der Waals surface area (Å²) in [7, 11) is 0. The van der Waals surface area contributed by atoms with Gasteiger partial charge >= 0.3 is 5.97 Å². The Hall–Kier alpha value is -1.26. The zero-order chi connectivity index (χ0) is 13.1. The smallest absolute Gasteiger partial charge is 0.337 e. The molecule has 1 heterocycles. The van der Waals surface area contributed by atoms with E-state index >= 15 is 0 Å². The van der Waals surface area contributed by atoms with Crippen LogP contribution in [0.5, 0.6) is 0 Å². The Morgan fingerprint density at radius 3 is 2.44 bits per heavy atom. The third-order valence-corrected chi connectivity index (χ3v) is 4.19. The third-order valence-electron chi connectivity index (χ3n) is 2.43. The van der Waals surface area contributed by atoms with Crippen molar-refractivity contribution in [2.45, 2.75) is 24.0 Å². The van der Waals surface area contributed by atoms with Crippen LogP contribution in [0, 0.1) is 0 Å². The van der Waals surface area contributed by atoms with Gasteiger partial charge in [-0.3, -0.25) is 0 Å². The van der Waals surface area contributed by atoms with E-state index in [0.29, 0.717) is 10.8 Å². The molecule has 2 rings (SSSR count). The second kappa shape index (κ2) is 5.59. The van der Waals surface area contributed by atoms with Crippen LogP contribution in [0.3, 0.4) is 0 Å². The van der Waals surface area contributed by atoms with Gasteiger partial charge in [0.25, 0.3) is 0 Å². The first-order valence-electron chi connectivity index (χ1n) is 5.64. The molecule has 0 unspecified atom stereocenters. The number of carboxylic acids is 1. The van der Waals surface area contributed by atoms with Crippen molar-refractivity contribution in [3.8, 4) is 11.1 Å². The van der Waals surface area contributed by atoms with Crippen molar-refractivity contribution in [3.05, 3.63) is 40.6 Å². The van der Waals surface area contributed by atoms with Gasteiger partial charge in [0.2, 0.25) is 0 Å². The summed E-state index contributed by atoms with van der Waals surface area (Å²) < 4.78 is 0. The second-order valence-corrected chi connectivity index (χ2v) is 6.59. The summed E-state index contributed by atoms with van der Waals surface area (Å²) >= 11 is 3.22. The Balaban J connectivity index is 2.29. The summed E-state index contributed by atoms with van der Waals surface area (Å²) in [5.74, 6) is -0.869. The van der Waals surface area contributed by atoms with E-state index in [0.717, 1.165) is 11.1 Å². The minimum Gasteiger partial charge on any atom is -0.478 e. The number of hydrogen-bond donors (Lipinski definition) is 1. The number of rotatable bonds is 4. The molecule has 0 atom stereocenters. The molecule has 0 bridgehead atoms. The predicted octanol–water partition coefficient (Wildman–Crippen LogP) is 4.61. The topological polar surface area (TPSA) is 37.3 Å². The maximum atomic E-state index is 11.1. The number of thioether (sulfide) groups is 1. The van der Waals surface area contributed by atoms with Gasteiger partial charge in [0.15, 0.2) is 0 Å². The van der Waals surface area contributed by atoms with E-state index in [4.69, 9.17) is 5.11 Å². The quantitative estimate of drug-likeness (QED) is 0.830. The Morgan fingerprint density at radius 1 is 1.22 bits per heavy atom. The highest BCUT2D eigenvalue weighted by molar-refractivity contribution is 7.99. The van der Waals surface area contributed by atoms with E-state index in [1.807, 2.05) is 29.6 Å². The fraction of sp³-hybridized carbons (Fsp3) is 0.214. The molecule has 4 heteroatoms. The van der Waals surface area contributed by atoms with Crippen LogP contribution in [0.25, 0.3) is 11.1 Å². The summed E-state index contributed by atoms with van der Waals surface area (Å²) in [6.45, 7) is 4.31. The zero-order valence-electron chi connectivity index (χ0n) is 10.2. The lowest BCUT2D eigenvalue weighted by Crippen LogP contribution is -1.95. The summed E-state index contributed by atoms with van der Waals surface area (Å²) in [5, 5.41) is 13.2. The molecule has 1 N–H and O–H groups in total. The zero-order valence-corrected chi connectivity index (χ0v) is 11.8. The Kier molecular flexibility index (Phi) is 4.09. The maximum Gasteiger partial charge on any atom is 0.337 e. The molecular formula is C14H14O2S2. The van der Waals surface area contributed by atoms with E-state index in [2.05, 4.69) is 13.8 Å². The van der Waals surface area contributed by atoms with Crippen LogP contribution in [0.15, 0.2) is 39.9 Å². The average molecular weight is 278 g/mol. The molecule has 0 fully saturated rings. The molecule has 0 saturated heterocycles. The van der Waals surface area contributed by atoms with Crippen LogP contribution in [-0.4, -0.2) is 16.3 Å². The summed E-state index contributed by atoms with van der Waals surface area (Å²) in [4.78, 5) is 12.3. The van der Waals surface area contributed by atoms with Gasteiger partial charge in [-0.1, -0.05) is 26.0 Å². The highest BCUT2D eigenvalue weighted by atomic mass is 32.2.